The van der Waals surface area contributed by atoms with Crippen LogP contribution in [0.3, 0.4) is 0 Å². The number of rotatable bonds is 9. The monoisotopic (exact) mass is 345 g/mol. The molecule has 0 fully saturated rings. The van der Waals surface area contributed by atoms with Crippen LogP contribution < -0.4 is 4.90 Å². The molecule has 25 heavy (non-hydrogen) atoms. The maximum atomic E-state index is 11.9. The zero-order valence-electron chi connectivity index (χ0n) is 14.5. The number of ether oxygens (including phenoxy) is 2. The second-order valence-electron chi connectivity index (χ2n) is 5.25. The lowest BCUT2D eigenvalue weighted by Gasteiger charge is -2.23. The standard InChI is InChI=1S/C18H23N3O4/c1-3-24-11-10-21(13-14-6-5-7-15(22)12-14)18-19-9-8-16(20-18)17(23)25-4-2/h5-9,12,22H,3-4,10-11,13H2,1-2H3. The Kier molecular flexibility index (Phi) is 7.16. The van der Waals surface area contributed by atoms with Crippen molar-refractivity contribution in [2.75, 3.05) is 31.3 Å². The van der Waals surface area contributed by atoms with Gasteiger partial charge in [0, 0.05) is 25.9 Å². The van der Waals surface area contributed by atoms with Crippen molar-refractivity contribution < 1.29 is 19.4 Å². The lowest BCUT2D eigenvalue weighted by atomic mass is 10.2. The lowest BCUT2D eigenvalue weighted by molar-refractivity contribution is 0.0519. The third-order valence-electron chi connectivity index (χ3n) is 3.40. The average Bonchev–Trinajstić information content (AvgIpc) is 2.61. The number of phenols is 1. The summed E-state index contributed by atoms with van der Waals surface area (Å²) in [5.74, 6) is 0.130. The highest BCUT2D eigenvalue weighted by Crippen LogP contribution is 2.16. The number of hydrogen-bond acceptors (Lipinski definition) is 7. The van der Waals surface area contributed by atoms with Crippen LogP contribution in [0, 0.1) is 0 Å². The van der Waals surface area contributed by atoms with E-state index in [-0.39, 0.29) is 18.1 Å². The van der Waals surface area contributed by atoms with Gasteiger partial charge < -0.3 is 19.5 Å². The van der Waals surface area contributed by atoms with Crippen LogP contribution in [0.1, 0.15) is 29.9 Å². The van der Waals surface area contributed by atoms with Gasteiger partial charge in [-0.15, -0.1) is 0 Å². The molecule has 0 atom stereocenters. The van der Waals surface area contributed by atoms with Crippen LogP contribution in [0.4, 0.5) is 5.95 Å². The first-order chi connectivity index (χ1) is 12.1. The fraction of sp³-hybridized carbons (Fsp3) is 0.389. The van der Waals surface area contributed by atoms with Gasteiger partial charge in [-0.1, -0.05) is 12.1 Å². The van der Waals surface area contributed by atoms with E-state index in [0.717, 1.165) is 5.56 Å². The minimum atomic E-state index is -0.478. The van der Waals surface area contributed by atoms with Crippen molar-refractivity contribution >= 4 is 11.9 Å². The van der Waals surface area contributed by atoms with E-state index in [1.54, 1.807) is 25.1 Å². The second kappa shape index (κ2) is 9.58. The molecule has 0 radical (unpaired) electrons. The fourth-order valence-corrected chi connectivity index (χ4v) is 2.26. The molecule has 0 saturated carbocycles. The van der Waals surface area contributed by atoms with Crippen molar-refractivity contribution in [3.05, 3.63) is 47.8 Å². The molecular weight excluding hydrogens is 322 g/mol. The Labute approximate surface area is 147 Å². The van der Waals surface area contributed by atoms with Gasteiger partial charge in [0.05, 0.1) is 13.2 Å². The summed E-state index contributed by atoms with van der Waals surface area (Å²) >= 11 is 0. The highest BCUT2D eigenvalue weighted by Gasteiger charge is 2.15. The zero-order valence-corrected chi connectivity index (χ0v) is 14.5. The molecular formula is C18H23N3O4. The van der Waals surface area contributed by atoms with Crippen molar-refractivity contribution in [1.29, 1.82) is 0 Å². The first kappa shape index (κ1) is 18.7. The summed E-state index contributed by atoms with van der Waals surface area (Å²) in [6, 6.07) is 8.51. The minimum absolute atomic E-state index is 0.198. The molecule has 0 amide bonds. The van der Waals surface area contributed by atoms with E-state index < -0.39 is 5.97 Å². The van der Waals surface area contributed by atoms with Gasteiger partial charge in [0.1, 0.15) is 5.75 Å². The van der Waals surface area contributed by atoms with Gasteiger partial charge in [0.15, 0.2) is 5.69 Å². The predicted molar refractivity (Wildman–Crippen MR) is 93.6 cm³/mol. The number of esters is 1. The molecule has 1 aromatic heterocycles. The van der Waals surface area contributed by atoms with Crippen molar-refractivity contribution in [2.45, 2.75) is 20.4 Å². The first-order valence-corrected chi connectivity index (χ1v) is 8.24. The Morgan fingerprint density at radius 1 is 1.24 bits per heavy atom. The minimum Gasteiger partial charge on any atom is -0.508 e. The summed E-state index contributed by atoms with van der Waals surface area (Å²) in [6.45, 7) is 6.11. The fourth-order valence-electron chi connectivity index (χ4n) is 2.26. The molecule has 2 aromatic rings. The zero-order chi connectivity index (χ0) is 18.1. The number of hydrogen-bond donors (Lipinski definition) is 1. The number of carbonyl (C=O) groups excluding carboxylic acids is 1. The maximum absolute atomic E-state index is 11.9. The van der Waals surface area contributed by atoms with Gasteiger partial charge in [-0.2, -0.15) is 0 Å². The molecule has 0 aliphatic carbocycles. The third-order valence-corrected chi connectivity index (χ3v) is 3.40. The van der Waals surface area contributed by atoms with E-state index in [1.165, 1.54) is 12.3 Å². The largest absolute Gasteiger partial charge is 0.508 e. The molecule has 1 aromatic carbocycles. The molecule has 0 aliphatic rings. The Morgan fingerprint density at radius 3 is 2.80 bits per heavy atom. The number of anilines is 1. The Bertz CT molecular complexity index is 694. The molecule has 1 N–H and O–H groups in total. The Hall–Kier alpha value is -2.67. The number of phenolic OH excluding ortho intramolecular Hbond substituents is 1. The smallest absolute Gasteiger partial charge is 0.357 e. The van der Waals surface area contributed by atoms with Gasteiger partial charge in [-0.25, -0.2) is 14.8 Å². The highest BCUT2D eigenvalue weighted by molar-refractivity contribution is 5.87. The van der Waals surface area contributed by atoms with E-state index in [0.29, 0.717) is 32.3 Å². The van der Waals surface area contributed by atoms with Crippen LogP contribution in [-0.4, -0.2) is 47.4 Å². The van der Waals surface area contributed by atoms with Crippen LogP contribution in [0.5, 0.6) is 5.75 Å². The molecule has 0 aliphatic heterocycles. The van der Waals surface area contributed by atoms with Crippen molar-refractivity contribution in [1.82, 2.24) is 9.97 Å². The quantitative estimate of drug-likeness (QED) is 0.552. The third kappa shape index (κ3) is 5.72. The topological polar surface area (TPSA) is 84.8 Å². The van der Waals surface area contributed by atoms with E-state index in [9.17, 15) is 9.90 Å². The van der Waals surface area contributed by atoms with Crippen LogP contribution in [0.2, 0.25) is 0 Å². The van der Waals surface area contributed by atoms with Crippen LogP contribution in [0.25, 0.3) is 0 Å². The van der Waals surface area contributed by atoms with E-state index in [1.807, 2.05) is 17.9 Å². The van der Waals surface area contributed by atoms with Crippen LogP contribution >= 0.6 is 0 Å². The molecule has 0 saturated heterocycles. The summed E-state index contributed by atoms with van der Waals surface area (Å²) in [6.07, 6.45) is 1.53. The van der Waals surface area contributed by atoms with Gasteiger partial charge in [0.25, 0.3) is 0 Å². The summed E-state index contributed by atoms with van der Waals surface area (Å²) in [7, 11) is 0. The molecule has 2 rings (SSSR count). The van der Waals surface area contributed by atoms with Crippen LogP contribution in [-0.2, 0) is 16.0 Å². The summed E-state index contributed by atoms with van der Waals surface area (Å²) in [5, 5.41) is 9.65. The van der Waals surface area contributed by atoms with Crippen molar-refractivity contribution in [3.63, 3.8) is 0 Å². The van der Waals surface area contributed by atoms with Crippen molar-refractivity contribution in [3.8, 4) is 5.75 Å². The number of benzene rings is 1. The molecule has 7 heteroatoms. The number of aromatic nitrogens is 2. The molecule has 1 heterocycles. The normalized spacial score (nSPS) is 10.5. The average molecular weight is 345 g/mol. The number of nitrogens with zero attached hydrogens (tertiary/aromatic N) is 3. The molecule has 7 nitrogen and oxygen atoms in total. The highest BCUT2D eigenvalue weighted by atomic mass is 16.5. The number of aromatic hydroxyl groups is 1. The van der Waals surface area contributed by atoms with E-state index in [2.05, 4.69) is 9.97 Å². The van der Waals surface area contributed by atoms with E-state index in [4.69, 9.17) is 9.47 Å². The predicted octanol–water partition coefficient (Wildman–Crippen LogP) is 2.40. The molecule has 0 spiro atoms. The van der Waals surface area contributed by atoms with Gasteiger partial charge in [0.2, 0.25) is 5.95 Å². The van der Waals surface area contributed by atoms with Crippen molar-refractivity contribution in [2.24, 2.45) is 0 Å². The molecule has 0 bridgehead atoms. The summed E-state index contributed by atoms with van der Waals surface area (Å²) in [5.41, 5.74) is 1.12. The van der Waals surface area contributed by atoms with Gasteiger partial charge in [-0.3, -0.25) is 0 Å². The van der Waals surface area contributed by atoms with E-state index >= 15 is 0 Å². The second-order valence-corrected chi connectivity index (χ2v) is 5.25. The number of carbonyl (C=O) groups is 1. The lowest BCUT2D eigenvalue weighted by Crippen LogP contribution is -2.29. The summed E-state index contributed by atoms with van der Waals surface area (Å²) in [4.78, 5) is 22.4. The maximum Gasteiger partial charge on any atom is 0.357 e. The molecule has 0 unspecified atom stereocenters. The summed E-state index contributed by atoms with van der Waals surface area (Å²) < 4.78 is 10.4. The molecule has 134 valence electrons. The Morgan fingerprint density at radius 2 is 2.08 bits per heavy atom. The SMILES string of the molecule is CCOCCN(Cc1cccc(O)c1)c1nccc(C(=O)OCC)n1. The van der Waals surface area contributed by atoms with Gasteiger partial charge in [-0.05, 0) is 37.6 Å². The Balaban J connectivity index is 2.22. The van der Waals surface area contributed by atoms with Gasteiger partial charge >= 0.3 is 5.97 Å². The first-order valence-electron chi connectivity index (χ1n) is 8.24. The van der Waals surface area contributed by atoms with Crippen LogP contribution in [0.15, 0.2) is 36.5 Å².